The maximum Gasteiger partial charge on any atom is 0.308 e. The summed E-state index contributed by atoms with van der Waals surface area (Å²) in [6.07, 6.45) is 0.654. The first-order chi connectivity index (χ1) is 19.7. The molecule has 4 atom stereocenters. The Balaban J connectivity index is 1.45. The van der Waals surface area contributed by atoms with Gasteiger partial charge in [-0.1, -0.05) is 44.2 Å². The van der Waals surface area contributed by atoms with E-state index in [0.717, 1.165) is 5.56 Å². The number of para-hydroxylation sites is 2. The number of ether oxygens (including phenoxy) is 1. The summed E-state index contributed by atoms with van der Waals surface area (Å²) < 4.78 is 6.75. The number of imide groups is 1. The minimum atomic E-state index is -1.18. The molecular weight excluding hydrogens is 520 g/mol. The number of anilines is 1. The predicted octanol–water partition coefficient (Wildman–Crippen LogP) is 3.69. The molecule has 0 aliphatic carbocycles. The van der Waals surface area contributed by atoms with E-state index in [1.165, 1.54) is 11.8 Å². The Morgan fingerprint density at radius 2 is 1.68 bits per heavy atom. The number of amides is 2. The van der Waals surface area contributed by atoms with Crippen LogP contribution in [-0.2, 0) is 19.9 Å². The molecule has 1 spiro atoms. The number of nitrogens with zero attached hydrogens (tertiary/aromatic N) is 3. The van der Waals surface area contributed by atoms with Gasteiger partial charge in [0.1, 0.15) is 17.1 Å². The molecule has 4 aromatic rings. The first-order valence-corrected chi connectivity index (χ1v) is 13.8. The van der Waals surface area contributed by atoms with Crippen LogP contribution in [0, 0.1) is 17.8 Å². The molecule has 0 bridgehead atoms. The minimum absolute atomic E-state index is 0.213. The molecule has 0 radical (unpaired) electrons. The van der Waals surface area contributed by atoms with Gasteiger partial charge in [0.25, 0.3) is 5.56 Å². The first-order valence-electron chi connectivity index (χ1n) is 13.8. The van der Waals surface area contributed by atoms with Gasteiger partial charge in [0, 0.05) is 18.5 Å². The van der Waals surface area contributed by atoms with E-state index in [2.05, 4.69) is 19.2 Å². The van der Waals surface area contributed by atoms with Crippen molar-refractivity contribution in [2.45, 2.75) is 38.8 Å². The zero-order chi connectivity index (χ0) is 28.6. The molecule has 2 amide bonds. The molecule has 206 valence electrons. The number of hydrogen-bond acceptors (Lipinski definition) is 7. The summed E-state index contributed by atoms with van der Waals surface area (Å²) >= 11 is 0. The van der Waals surface area contributed by atoms with Gasteiger partial charge in [0.05, 0.1) is 34.1 Å². The van der Waals surface area contributed by atoms with Crippen LogP contribution in [0.1, 0.15) is 38.6 Å². The van der Waals surface area contributed by atoms with Crippen molar-refractivity contribution < 1.29 is 19.1 Å². The smallest absolute Gasteiger partial charge is 0.308 e. The van der Waals surface area contributed by atoms with Gasteiger partial charge in [-0.15, -0.1) is 0 Å². The number of hydrogen-bond donors (Lipinski definition) is 1. The predicted molar refractivity (Wildman–Crippen MR) is 152 cm³/mol. The fourth-order valence-corrected chi connectivity index (χ4v) is 7.01. The number of aromatic nitrogens is 2. The molecule has 3 aliphatic heterocycles. The number of esters is 1. The maximum atomic E-state index is 14.5. The second-order valence-electron chi connectivity index (χ2n) is 11.4. The highest BCUT2D eigenvalue weighted by Crippen LogP contribution is 2.56. The highest BCUT2D eigenvalue weighted by molar-refractivity contribution is 6.23. The first kappa shape index (κ1) is 25.3. The topological polar surface area (TPSA) is 111 Å². The van der Waals surface area contributed by atoms with Crippen molar-refractivity contribution in [2.24, 2.45) is 17.8 Å². The molecule has 3 aromatic carbocycles. The van der Waals surface area contributed by atoms with Crippen LogP contribution in [0.25, 0.3) is 16.6 Å². The largest absolute Gasteiger partial charge is 0.427 e. The molecule has 2 fully saturated rings. The standard InChI is InChI=1S/C32H28N4O5/c1-17(2)16-24-26-27(30(40)35(29(26)39)19-12-14-20(15-13-19)41-18(3)37)32(34-24)22-9-5-7-11-25(22)36-28(38)21-8-4-6-10-23(21)33-31(32)36/h4-15,17,24,26-27,34H,16H2,1-3H3/t24-,26+,27-,32+/m1/s1. The Labute approximate surface area is 235 Å². The monoisotopic (exact) mass is 548 g/mol. The summed E-state index contributed by atoms with van der Waals surface area (Å²) in [4.78, 5) is 60.2. The van der Waals surface area contributed by atoms with E-state index in [9.17, 15) is 19.2 Å². The Bertz CT molecular complexity index is 1830. The van der Waals surface area contributed by atoms with Gasteiger partial charge in [0.15, 0.2) is 0 Å². The van der Waals surface area contributed by atoms with Crippen LogP contribution in [0.5, 0.6) is 5.75 Å². The minimum Gasteiger partial charge on any atom is -0.427 e. The third-order valence-corrected chi connectivity index (χ3v) is 8.44. The molecular formula is C32H28N4O5. The number of benzene rings is 3. The number of fused-ring (bicyclic) bond motifs is 8. The quantitative estimate of drug-likeness (QED) is 0.235. The van der Waals surface area contributed by atoms with Gasteiger partial charge in [-0.05, 0) is 54.8 Å². The molecule has 9 heteroatoms. The van der Waals surface area contributed by atoms with Crippen molar-refractivity contribution in [2.75, 3.05) is 4.90 Å². The normalized spacial score (nSPS) is 24.3. The van der Waals surface area contributed by atoms with Gasteiger partial charge in [-0.2, -0.15) is 0 Å². The fourth-order valence-electron chi connectivity index (χ4n) is 7.01. The van der Waals surface area contributed by atoms with Crippen molar-refractivity contribution in [3.63, 3.8) is 0 Å². The lowest BCUT2D eigenvalue weighted by atomic mass is 9.75. The molecule has 2 saturated heterocycles. The van der Waals surface area contributed by atoms with Crippen LogP contribution in [0.3, 0.4) is 0 Å². The zero-order valence-electron chi connectivity index (χ0n) is 22.8. The molecule has 41 heavy (non-hydrogen) atoms. The summed E-state index contributed by atoms with van der Waals surface area (Å²) in [5, 5.41) is 4.21. The second-order valence-corrected chi connectivity index (χ2v) is 11.4. The molecule has 1 N–H and O–H groups in total. The van der Waals surface area contributed by atoms with Gasteiger partial charge < -0.3 is 4.74 Å². The Kier molecular flexibility index (Phi) is 5.53. The van der Waals surface area contributed by atoms with Crippen LogP contribution in [-0.4, -0.2) is 33.4 Å². The molecule has 3 aliphatic rings. The van der Waals surface area contributed by atoms with Crippen LogP contribution in [0.4, 0.5) is 5.69 Å². The lowest BCUT2D eigenvalue weighted by Gasteiger charge is -2.32. The van der Waals surface area contributed by atoms with Crippen LogP contribution < -0.4 is 20.5 Å². The average Bonchev–Trinajstić information content (AvgIpc) is 3.52. The summed E-state index contributed by atoms with van der Waals surface area (Å²) in [5.74, 6) is -1.61. The van der Waals surface area contributed by atoms with Crippen LogP contribution in [0.15, 0.2) is 77.6 Å². The Hall–Kier alpha value is -4.63. The molecule has 1 aromatic heterocycles. The lowest BCUT2D eigenvalue weighted by Crippen LogP contribution is -2.50. The number of carbonyl (C=O) groups is 3. The highest BCUT2D eigenvalue weighted by Gasteiger charge is 2.69. The third kappa shape index (κ3) is 3.48. The van der Waals surface area contributed by atoms with Crippen molar-refractivity contribution in [3.8, 4) is 11.4 Å². The van der Waals surface area contributed by atoms with Crippen molar-refractivity contribution in [1.82, 2.24) is 14.9 Å². The van der Waals surface area contributed by atoms with E-state index >= 15 is 0 Å². The van der Waals surface area contributed by atoms with Gasteiger partial charge in [0.2, 0.25) is 11.8 Å². The lowest BCUT2D eigenvalue weighted by molar-refractivity contribution is -0.132. The van der Waals surface area contributed by atoms with E-state index < -0.39 is 23.3 Å². The summed E-state index contributed by atoms with van der Waals surface area (Å²) in [5.41, 5.74) is 0.967. The highest BCUT2D eigenvalue weighted by atomic mass is 16.5. The molecule has 9 nitrogen and oxygen atoms in total. The number of rotatable bonds is 4. The number of carbonyl (C=O) groups excluding carboxylic acids is 3. The van der Waals surface area contributed by atoms with Gasteiger partial charge in [-0.25, -0.2) is 9.88 Å². The molecule has 0 unspecified atom stereocenters. The Morgan fingerprint density at radius 3 is 2.41 bits per heavy atom. The van der Waals surface area contributed by atoms with Crippen LogP contribution in [0.2, 0.25) is 0 Å². The van der Waals surface area contributed by atoms with E-state index in [-0.39, 0.29) is 29.3 Å². The van der Waals surface area contributed by atoms with Crippen molar-refractivity contribution >= 4 is 34.4 Å². The third-order valence-electron chi connectivity index (χ3n) is 8.44. The Morgan fingerprint density at radius 1 is 0.976 bits per heavy atom. The van der Waals surface area contributed by atoms with Crippen molar-refractivity contribution in [1.29, 1.82) is 0 Å². The van der Waals surface area contributed by atoms with Crippen LogP contribution >= 0.6 is 0 Å². The molecule has 7 rings (SSSR count). The average molecular weight is 549 g/mol. The molecule has 4 heterocycles. The SMILES string of the molecule is CC(=O)Oc1ccc(N2C(=O)[C@H]3[C@@H](CC(C)C)N[C@@]4(c5ccccc5-n5c4nc4ccccc4c5=O)[C@H]3C2=O)cc1. The number of nitrogens with one attached hydrogen (secondary N) is 1. The second kappa shape index (κ2) is 8.94. The van der Waals surface area contributed by atoms with E-state index in [1.54, 1.807) is 47.0 Å². The van der Waals surface area contributed by atoms with E-state index in [1.807, 2.05) is 30.3 Å². The maximum absolute atomic E-state index is 14.5. The van der Waals surface area contributed by atoms with Gasteiger partial charge >= 0.3 is 5.97 Å². The van der Waals surface area contributed by atoms with E-state index in [0.29, 0.717) is 40.3 Å². The van der Waals surface area contributed by atoms with Gasteiger partial charge in [-0.3, -0.25) is 29.1 Å². The fraction of sp³-hybridized carbons (Fsp3) is 0.281. The summed E-state index contributed by atoms with van der Waals surface area (Å²) in [6.45, 7) is 5.48. The summed E-state index contributed by atoms with van der Waals surface area (Å²) in [7, 11) is 0. The van der Waals surface area contributed by atoms with Crippen molar-refractivity contribution in [3.05, 3.63) is 94.5 Å². The molecule has 0 saturated carbocycles. The summed E-state index contributed by atoms with van der Waals surface area (Å²) in [6, 6.07) is 20.7. The zero-order valence-corrected chi connectivity index (χ0v) is 22.8. The van der Waals surface area contributed by atoms with E-state index in [4.69, 9.17) is 9.72 Å².